The molecule has 0 aliphatic carbocycles. The van der Waals surface area contributed by atoms with Gasteiger partial charge in [0.1, 0.15) is 5.01 Å². The van der Waals surface area contributed by atoms with Gasteiger partial charge in [-0.15, -0.1) is 11.3 Å². The van der Waals surface area contributed by atoms with Crippen LogP contribution in [-0.2, 0) is 6.42 Å². The molecule has 0 bridgehead atoms. The lowest BCUT2D eigenvalue weighted by Gasteiger charge is -2.02. The predicted octanol–water partition coefficient (Wildman–Crippen LogP) is 3.74. The topological polar surface area (TPSA) is 38.9 Å². The second-order valence-electron chi connectivity index (χ2n) is 4.89. The Hall–Kier alpha value is -1.19. The molecule has 1 aromatic carbocycles. The first-order valence-electron chi connectivity index (χ1n) is 6.38. The number of hydrogen-bond acceptors (Lipinski definition) is 3. The first kappa shape index (κ1) is 13.2. The summed E-state index contributed by atoms with van der Waals surface area (Å²) >= 11 is 1.78. The highest BCUT2D eigenvalue weighted by molar-refractivity contribution is 7.15. The zero-order valence-corrected chi connectivity index (χ0v) is 12.1. The molecular formula is C15H20N2S. The van der Waals surface area contributed by atoms with E-state index in [1.165, 1.54) is 21.7 Å². The molecule has 2 N–H and O–H groups in total. The quantitative estimate of drug-likeness (QED) is 0.909. The normalized spacial score (nSPS) is 11.2. The standard InChI is InChI=1S/C15H20N2S/c1-10(2)14-13(7-8-16)18-15(17-14)12-6-4-5-11(3)9-12/h4-6,9-10H,7-8,16H2,1-3H3. The Morgan fingerprint density at radius 2 is 2.11 bits per heavy atom. The Balaban J connectivity index is 2.43. The van der Waals surface area contributed by atoms with Crippen LogP contribution in [0.4, 0.5) is 0 Å². The molecule has 2 rings (SSSR count). The van der Waals surface area contributed by atoms with Crippen molar-refractivity contribution in [3.8, 4) is 10.6 Å². The number of nitrogens with two attached hydrogens (primary N) is 1. The molecule has 2 aromatic rings. The van der Waals surface area contributed by atoms with Crippen molar-refractivity contribution in [2.24, 2.45) is 5.73 Å². The molecular weight excluding hydrogens is 240 g/mol. The molecule has 2 nitrogen and oxygen atoms in total. The number of nitrogens with zero attached hydrogens (tertiary/aromatic N) is 1. The molecule has 0 radical (unpaired) electrons. The summed E-state index contributed by atoms with van der Waals surface area (Å²) in [4.78, 5) is 6.14. The minimum atomic E-state index is 0.460. The van der Waals surface area contributed by atoms with E-state index in [-0.39, 0.29) is 0 Å². The number of hydrogen-bond donors (Lipinski definition) is 1. The smallest absolute Gasteiger partial charge is 0.123 e. The molecule has 3 heteroatoms. The van der Waals surface area contributed by atoms with Crippen molar-refractivity contribution in [2.45, 2.75) is 33.1 Å². The minimum absolute atomic E-state index is 0.460. The first-order valence-corrected chi connectivity index (χ1v) is 7.20. The lowest BCUT2D eigenvalue weighted by molar-refractivity contribution is 0.809. The van der Waals surface area contributed by atoms with Gasteiger partial charge in [-0.1, -0.05) is 37.6 Å². The summed E-state index contributed by atoms with van der Waals surface area (Å²) in [6.07, 6.45) is 0.928. The summed E-state index contributed by atoms with van der Waals surface area (Å²) < 4.78 is 0. The van der Waals surface area contributed by atoms with E-state index in [0.29, 0.717) is 12.5 Å². The SMILES string of the molecule is Cc1cccc(-c2nc(C(C)C)c(CCN)s2)c1. The van der Waals surface area contributed by atoms with Crippen LogP contribution in [0.1, 0.15) is 35.9 Å². The Kier molecular flexibility index (Phi) is 4.15. The average Bonchev–Trinajstić information content (AvgIpc) is 2.74. The molecule has 0 saturated heterocycles. The van der Waals surface area contributed by atoms with Gasteiger partial charge in [0.15, 0.2) is 0 Å². The van der Waals surface area contributed by atoms with E-state index in [2.05, 4.69) is 45.0 Å². The second-order valence-corrected chi connectivity index (χ2v) is 5.97. The van der Waals surface area contributed by atoms with Gasteiger partial charge in [0.2, 0.25) is 0 Å². The van der Waals surface area contributed by atoms with Gasteiger partial charge in [0.25, 0.3) is 0 Å². The van der Waals surface area contributed by atoms with Crippen molar-refractivity contribution in [1.82, 2.24) is 4.98 Å². The third kappa shape index (κ3) is 2.79. The molecule has 0 atom stereocenters. The maximum Gasteiger partial charge on any atom is 0.123 e. The summed E-state index contributed by atoms with van der Waals surface area (Å²) in [6, 6.07) is 8.52. The fraction of sp³-hybridized carbons (Fsp3) is 0.400. The van der Waals surface area contributed by atoms with Crippen molar-refractivity contribution in [3.63, 3.8) is 0 Å². The van der Waals surface area contributed by atoms with Crippen LogP contribution in [0.2, 0.25) is 0 Å². The van der Waals surface area contributed by atoms with Crippen LogP contribution in [0.5, 0.6) is 0 Å². The number of aryl methyl sites for hydroxylation is 1. The van der Waals surface area contributed by atoms with Gasteiger partial charge in [0, 0.05) is 10.4 Å². The molecule has 0 saturated carbocycles. The Bertz CT molecular complexity index is 529. The number of thiazole rings is 1. The van der Waals surface area contributed by atoms with Gasteiger partial charge < -0.3 is 5.73 Å². The van der Waals surface area contributed by atoms with Gasteiger partial charge in [-0.3, -0.25) is 0 Å². The van der Waals surface area contributed by atoms with E-state index in [9.17, 15) is 0 Å². The molecule has 1 aromatic heterocycles. The van der Waals surface area contributed by atoms with Crippen LogP contribution >= 0.6 is 11.3 Å². The summed E-state index contributed by atoms with van der Waals surface area (Å²) in [5, 5.41) is 1.12. The molecule has 0 amide bonds. The fourth-order valence-corrected chi connectivity index (χ4v) is 3.25. The Morgan fingerprint density at radius 1 is 1.33 bits per heavy atom. The van der Waals surface area contributed by atoms with Crippen LogP contribution in [0.25, 0.3) is 10.6 Å². The summed E-state index contributed by atoms with van der Waals surface area (Å²) in [6.45, 7) is 7.18. The van der Waals surface area contributed by atoms with Crippen molar-refractivity contribution >= 4 is 11.3 Å². The number of benzene rings is 1. The third-order valence-electron chi connectivity index (χ3n) is 2.91. The lowest BCUT2D eigenvalue weighted by atomic mass is 10.1. The fourth-order valence-electron chi connectivity index (χ4n) is 2.03. The predicted molar refractivity (Wildman–Crippen MR) is 79.1 cm³/mol. The van der Waals surface area contributed by atoms with Crippen LogP contribution in [-0.4, -0.2) is 11.5 Å². The molecule has 0 unspecified atom stereocenters. The highest BCUT2D eigenvalue weighted by Crippen LogP contribution is 2.32. The average molecular weight is 260 g/mol. The monoisotopic (exact) mass is 260 g/mol. The van der Waals surface area contributed by atoms with Crippen LogP contribution in [0, 0.1) is 6.92 Å². The van der Waals surface area contributed by atoms with Gasteiger partial charge in [-0.2, -0.15) is 0 Å². The van der Waals surface area contributed by atoms with E-state index in [1.54, 1.807) is 11.3 Å². The van der Waals surface area contributed by atoms with Gasteiger partial charge >= 0.3 is 0 Å². The molecule has 0 aliphatic rings. The largest absolute Gasteiger partial charge is 0.330 e. The van der Waals surface area contributed by atoms with E-state index in [1.807, 2.05) is 0 Å². The summed E-state index contributed by atoms with van der Waals surface area (Å²) in [7, 11) is 0. The zero-order valence-electron chi connectivity index (χ0n) is 11.2. The van der Waals surface area contributed by atoms with E-state index in [0.717, 1.165) is 11.4 Å². The van der Waals surface area contributed by atoms with Crippen molar-refractivity contribution < 1.29 is 0 Å². The Morgan fingerprint density at radius 3 is 2.72 bits per heavy atom. The summed E-state index contributed by atoms with van der Waals surface area (Å²) in [5.41, 5.74) is 9.38. The van der Waals surface area contributed by atoms with E-state index in [4.69, 9.17) is 10.7 Å². The molecule has 1 heterocycles. The van der Waals surface area contributed by atoms with Crippen molar-refractivity contribution in [2.75, 3.05) is 6.54 Å². The molecule has 0 fully saturated rings. The maximum atomic E-state index is 5.68. The van der Waals surface area contributed by atoms with Gasteiger partial charge in [-0.25, -0.2) is 4.98 Å². The number of rotatable bonds is 4. The van der Waals surface area contributed by atoms with Crippen LogP contribution in [0.3, 0.4) is 0 Å². The van der Waals surface area contributed by atoms with Crippen molar-refractivity contribution in [1.29, 1.82) is 0 Å². The summed E-state index contributed by atoms with van der Waals surface area (Å²) in [5.74, 6) is 0.460. The third-order valence-corrected chi connectivity index (χ3v) is 4.09. The van der Waals surface area contributed by atoms with Crippen LogP contribution < -0.4 is 5.73 Å². The molecule has 0 aliphatic heterocycles. The lowest BCUT2D eigenvalue weighted by Crippen LogP contribution is -2.04. The minimum Gasteiger partial charge on any atom is -0.330 e. The van der Waals surface area contributed by atoms with Gasteiger partial charge in [-0.05, 0) is 31.9 Å². The maximum absolute atomic E-state index is 5.68. The first-order chi connectivity index (χ1) is 8.61. The Labute approximate surface area is 113 Å². The van der Waals surface area contributed by atoms with Gasteiger partial charge in [0.05, 0.1) is 5.69 Å². The van der Waals surface area contributed by atoms with E-state index < -0.39 is 0 Å². The molecule has 0 spiro atoms. The molecule has 18 heavy (non-hydrogen) atoms. The highest BCUT2D eigenvalue weighted by atomic mass is 32.1. The highest BCUT2D eigenvalue weighted by Gasteiger charge is 2.14. The second kappa shape index (κ2) is 5.63. The van der Waals surface area contributed by atoms with Crippen molar-refractivity contribution in [3.05, 3.63) is 40.4 Å². The molecule has 96 valence electrons. The number of aromatic nitrogens is 1. The zero-order chi connectivity index (χ0) is 13.1. The van der Waals surface area contributed by atoms with Crippen LogP contribution in [0.15, 0.2) is 24.3 Å². The van der Waals surface area contributed by atoms with E-state index >= 15 is 0 Å².